The molecule has 3 nitrogen and oxygen atoms in total. The van der Waals surface area contributed by atoms with Crippen LogP contribution in [-0.4, -0.2) is 25.5 Å². The molecular formula is C14H20ClN3S. The number of alkyl halides is 1. The number of rotatable bonds is 6. The maximum atomic E-state index is 6.05. The van der Waals surface area contributed by atoms with Crippen LogP contribution in [0.15, 0.2) is 18.5 Å². The van der Waals surface area contributed by atoms with Gasteiger partial charge in [-0.2, -0.15) is 11.8 Å². The van der Waals surface area contributed by atoms with Crippen molar-refractivity contribution in [1.82, 2.24) is 14.5 Å². The largest absolute Gasteiger partial charge is 0.325 e. The van der Waals surface area contributed by atoms with Gasteiger partial charge in [-0.25, -0.2) is 4.98 Å². The minimum atomic E-state index is 0.248. The fraction of sp³-hybridized carbons (Fsp3) is 0.571. The Hall–Kier alpha value is -0.740. The molecule has 104 valence electrons. The van der Waals surface area contributed by atoms with Crippen LogP contribution in [0, 0.1) is 0 Å². The summed E-state index contributed by atoms with van der Waals surface area (Å²) < 4.78 is 2.51. The molecule has 5 heteroatoms. The van der Waals surface area contributed by atoms with Gasteiger partial charge in [0.15, 0.2) is 0 Å². The Bertz CT molecular complexity index is 540. The van der Waals surface area contributed by atoms with E-state index in [0.717, 1.165) is 36.2 Å². The molecule has 2 heterocycles. The standard InChI is InChI=1S/C14H20ClN3S/c1-4-14(5-2,19-3)10-18-12-6-7-16-9-11(12)17-13(18)8-15/h6-7,9H,4-5,8,10H2,1-3H3. The van der Waals surface area contributed by atoms with Crippen molar-refractivity contribution in [2.75, 3.05) is 6.26 Å². The zero-order valence-corrected chi connectivity index (χ0v) is 13.3. The molecular weight excluding hydrogens is 278 g/mol. The van der Waals surface area contributed by atoms with E-state index < -0.39 is 0 Å². The Labute approximate surface area is 123 Å². The Kier molecular flexibility index (Phi) is 4.74. The molecule has 0 aromatic carbocycles. The van der Waals surface area contributed by atoms with E-state index in [9.17, 15) is 0 Å². The van der Waals surface area contributed by atoms with Crippen molar-refractivity contribution < 1.29 is 0 Å². The third-order valence-electron chi connectivity index (χ3n) is 3.92. The van der Waals surface area contributed by atoms with Crippen molar-refractivity contribution in [3.63, 3.8) is 0 Å². The molecule has 0 saturated carbocycles. The zero-order chi connectivity index (χ0) is 13.9. The van der Waals surface area contributed by atoms with Gasteiger partial charge in [0.25, 0.3) is 0 Å². The van der Waals surface area contributed by atoms with Gasteiger partial charge in [0.1, 0.15) is 11.3 Å². The van der Waals surface area contributed by atoms with Crippen molar-refractivity contribution in [2.24, 2.45) is 0 Å². The number of aromatic nitrogens is 3. The van der Waals surface area contributed by atoms with E-state index in [1.54, 1.807) is 6.20 Å². The zero-order valence-electron chi connectivity index (χ0n) is 11.7. The Balaban J connectivity index is 2.48. The number of thioether (sulfide) groups is 1. The minimum absolute atomic E-state index is 0.248. The lowest BCUT2D eigenvalue weighted by atomic mass is 10.0. The smallest absolute Gasteiger partial charge is 0.124 e. The summed E-state index contributed by atoms with van der Waals surface area (Å²) in [6, 6.07) is 2.02. The molecule has 0 atom stereocenters. The van der Waals surface area contributed by atoms with E-state index >= 15 is 0 Å². The van der Waals surface area contributed by atoms with Crippen LogP contribution >= 0.6 is 23.4 Å². The first-order valence-corrected chi connectivity index (χ1v) is 8.36. The van der Waals surface area contributed by atoms with Crippen molar-refractivity contribution >= 4 is 34.4 Å². The molecule has 0 aliphatic carbocycles. The van der Waals surface area contributed by atoms with Crippen LogP contribution in [0.3, 0.4) is 0 Å². The molecule has 2 aromatic rings. The third kappa shape index (κ3) is 2.75. The Morgan fingerprint density at radius 1 is 1.37 bits per heavy atom. The second kappa shape index (κ2) is 6.14. The van der Waals surface area contributed by atoms with E-state index in [4.69, 9.17) is 11.6 Å². The Morgan fingerprint density at radius 2 is 2.11 bits per heavy atom. The molecule has 19 heavy (non-hydrogen) atoms. The summed E-state index contributed by atoms with van der Waals surface area (Å²) in [5.41, 5.74) is 2.06. The first-order valence-electron chi connectivity index (χ1n) is 6.60. The van der Waals surface area contributed by atoms with Gasteiger partial charge >= 0.3 is 0 Å². The molecule has 2 aromatic heterocycles. The van der Waals surface area contributed by atoms with E-state index in [1.807, 2.05) is 24.0 Å². The summed E-state index contributed by atoms with van der Waals surface area (Å²) in [6.07, 6.45) is 8.08. The van der Waals surface area contributed by atoms with Crippen molar-refractivity contribution in [3.8, 4) is 0 Å². The van der Waals surface area contributed by atoms with Crippen LogP contribution in [0.2, 0.25) is 0 Å². The number of fused-ring (bicyclic) bond motifs is 1. The van der Waals surface area contributed by atoms with Crippen molar-refractivity contribution in [2.45, 2.75) is 43.9 Å². The number of hydrogen-bond acceptors (Lipinski definition) is 3. The highest BCUT2D eigenvalue weighted by atomic mass is 35.5. The first kappa shape index (κ1) is 14.7. The van der Waals surface area contributed by atoms with Crippen LogP contribution in [0.1, 0.15) is 32.5 Å². The van der Waals surface area contributed by atoms with Crippen LogP contribution in [0.25, 0.3) is 11.0 Å². The number of halogens is 1. The molecule has 0 fully saturated rings. The van der Waals surface area contributed by atoms with Crippen LogP contribution < -0.4 is 0 Å². The van der Waals surface area contributed by atoms with Gasteiger partial charge in [-0.05, 0) is 25.2 Å². The summed E-state index contributed by atoms with van der Waals surface area (Å²) in [5.74, 6) is 1.37. The monoisotopic (exact) mass is 297 g/mol. The van der Waals surface area contributed by atoms with E-state index in [-0.39, 0.29) is 4.75 Å². The summed E-state index contributed by atoms with van der Waals surface area (Å²) in [4.78, 5) is 8.71. The molecule has 0 spiro atoms. The van der Waals surface area contributed by atoms with Gasteiger partial charge in [0, 0.05) is 17.5 Å². The molecule has 2 rings (SSSR count). The molecule has 0 aliphatic heterocycles. The second-order valence-electron chi connectivity index (χ2n) is 4.71. The van der Waals surface area contributed by atoms with Crippen LogP contribution in [0.4, 0.5) is 0 Å². The van der Waals surface area contributed by atoms with Gasteiger partial charge in [-0.3, -0.25) is 4.98 Å². The van der Waals surface area contributed by atoms with Gasteiger partial charge in [-0.15, -0.1) is 11.6 Å². The molecule has 0 unspecified atom stereocenters. The lowest BCUT2D eigenvalue weighted by Crippen LogP contribution is -2.29. The highest BCUT2D eigenvalue weighted by molar-refractivity contribution is 8.00. The van der Waals surface area contributed by atoms with Crippen molar-refractivity contribution in [1.29, 1.82) is 0 Å². The predicted molar refractivity (Wildman–Crippen MR) is 83.9 cm³/mol. The number of pyridine rings is 1. The van der Waals surface area contributed by atoms with E-state index in [1.165, 1.54) is 0 Å². The molecule has 0 bridgehead atoms. The number of hydrogen-bond donors (Lipinski definition) is 0. The number of imidazole rings is 1. The van der Waals surface area contributed by atoms with E-state index in [0.29, 0.717) is 5.88 Å². The van der Waals surface area contributed by atoms with Crippen LogP contribution in [0.5, 0.6) is 0 Å². The summed E-state index contributed by atoms with van der Waals surface area (Å²) in [7, 11) is 0. The van der Waals surface area contributed by atoms with Crippen molar-refractivity contribution in [3.05, 3.63) is 24.3 Å². The highest BCUT2D eigenvalue weighted by Crippen LogP contribution is 2.34. The molecule has 0 aliphatic rings. The van der Waals surface area contributed by atoms with Crippen LogP contribution in [-0.2, 0) is 12.4 Å². The highest BCUT2D eigenvalue weighted by Gasteiger charge is 2.27. The summed E-state index contributed by atoms with van der Waals surface area (Å²) >= 11 is 7.99. The molecule has 0 N–H and O–H groups in total. The Morgan fingerprint density at radius 3 is 2.68 bits per heavy atom. The third-order valence-corrected chi connectivity index (χ3v) is 5.73. The fourth-order valence-corrected chi connectivity index (χ4v) is 3.46. The maximum Gasteiger partial charge on any atom is 0.124 e. The normalized spacial score (nSPS) is 12.2. The lowest BCUT2D eigenvalue weighted by Gasteiger charge is -2.31. The summed E-state index contributed by atoms with van der Waals surface area (Å²) in [5, 5.41) is 0. The van der Waals surface area contributed by atoms with Gasteiger partial charge in [-0.1, -0.05) is 13.8 Å². The number of nitrogens with zero attached hydrogens (tertiary/aromatic N) is 3. The van der Waals surface area contributed by atoms with Gasteiger partial charge in [0.2, 0.25) is 0 Å². The van der Waals surface area contributed by atoms with E-state index in [2.05, 4.69) is 34.6 Å². The SMILES string of the molecule is CCC(CC)(Cn1c(CCl)nc2cnccc21)SC. The average molecular weight is 298 g/mol. The topological polar surface area (TPSA) is 30.7 Å². The van der Waals surface area contributed by atoms with Gasteiger partial charge < -0.3 is 4.57 Å². The maximum absolute atomic E-state index is 6.05. The molecule has 0 saturated heterocycles. The summed E-state index contributed by atoms with van der Waals surface area (Å²) in [6.45, 7) is 5.45. The fourth-order valence-electron chi connectivity index (χ4n) is 2.43. The lowest BCUT2D eigenvalue weighted by molar-refractivity contribution is 0.466. The first-order chi connectivity index (χ1) is 9.19. The molecule has 0 radical (unpaired) electrons. The predicted octanol–water partition coefficient (Wildman–Crippen LogP) is 4.09. The second-order valence-corrected chi connectivity index (χ2v) is 6.25. The average Bonchev–Trinajstić information content (AvgIpc) is 2.82. The van der Waals surface area contributed by atoms with Gasteiger partial charge in [0.05, 0.1) is 17.6 Å². The molecule has 0 amide bonds. The quantitative estimate of drug-likeness (QED) is 0.752. The minimum Gasteiger partial charge on any atom is -0.325 e.